The molecule has 0 fully saturated rings. The average Bonchev–Trinajstić information content (AvgIpc) is 2.76. The molecular formula is C17H22N4. The predicted molar refractivity (Wildman–Crippen MR) is 89.3 cm³/mol. The number of rotatable bonds is 4. The molecule has 1 aliphatic carbocycles. The van der Waals surface area contributed by atoms with E-state index >= 15 is 0 Å². The second-order valence-electron chi connectivity index (χ2n) is 5.78. The number of nitrogens with two attached hydrogens (primary N) is 2. The van der Waals surface area contributed by atoms with E-state index in [1.807, 2.05) is 36.4 Å². The van der Waals surface area contributed by atoms with Crippen LogP contribution in [0.3, 0.4) is 0 Å². The van der Waals surface area contributed by atoms with Gasteiger partial charge in [-0.25, -0.2) is 0 Å². The second-order valence-corrected chi connectivity index (χ2v) is 5.78. The van der Waals surface area contributed by atoms with Crippen LogP contribution in [0.15, 0.2) is 63.7 Å². The van der Waals surface area contributed by atoms with E-state index in [1.165, 1.54) is 0 Å². The summed E-state index contributed by atoms with van der Waals surface area (Å²) in [7, 11) is 1.70. The van der Waals surface area contributed by atoms with Crippen molar-refractivity contribution in [2.75, 3.05) is 7.05 Å². The molecule has 0 aromatic heterocycles. The molecule has 0 unspecified atom stereocenters. The fourth-order valence-corrected chi connectivity index (χ4v) is 2.70. The Hall–Kier alpha value is -2.04. The Kier molecular flexibility index (Phi) is 3.94. The van der Waals surface area contributed by atoms with Gasteiger partial charge in [-0.05, 0) is 18.4 Å². The molecule has 2 rings (SSSR count). The van der Waals surface area contributed by atoms with Crippen LogP contribution in [0.4, 0.5) is 0 Å². The molecule has 0 aliphatic heterocycles. The maximum Gasteiger partial charge on any atom is 0.134 e. The van der Waals surface area contributed by atoms with Gasteiger partial charge in [-0.15, -0.1) is 0 Å². The van der Waals surface area contributed by atoms with E-state index < -0.39 is 5.66 Å². The maximum atomic E-state index is 6.43. The van der Waals surface area contributed by atoms with Gasteiger partial charge in [0.1, 0.15) is 5.66 Å². The monoisotopic (exact) mass is 282 g/mol. The van der Waals surface area contributed by atoms with Gasteiger partial charge in [0.25, 0.3) is 0 Å². The molecule has 4 N–H and O–H groups in total. The number of allylic oxidation sites excluding steroid dienone is 2. The summed E-state index contributed by atoms with van der Waals surface area (Å²) in [5.74, 6) is 0. The van der Waals surface area contributed by atoms with Gasteiger partial charge in [0.15, 0.2) is 0 Å². The number of benzene rings is 1. The number of hydrogen-bond donors (Lipinski definition) is 2. The van der Waals surface area contributed by atoms with Crippen molar-refractivity contribution < 1.29 is 0 Å². The molecule has 1 aromatic carbocycles. The van der Waals surface area contributed by atoms with Crippen LogP contribution in [0.5, 0.6) is 0 Å². The lowest BCUT2D eigenvalue weighted by Gasteiger charge is -2.33. The molecule has 4 nitrogen and oxygen atoms in total. The molecule has 0 saturated heterocycles. The van der Waals surface area contributed by atoms with Crippen molar-refractivity contribution in [2.24, 2.45) is 26.9 Å². The molecule has 0 heterocycles. The van der Waals surface area contributed by atoms with Crippen molar-refractivity contribution in [3.05, 3.63) is 59.3 Å². The first kappa shape index (κ1) is 15.4. The molecule has 4 heteroatoms. The largest absolute Gasteiger partial charge is 0.305 e. The summed E-state index contributed by atoms with van der Waals surface area (Å²) in [6, 6.07) is 9.57. The first-order chi connectivity index (χ1) is 9.84. The van der Waals surface area contributed by atoms with Crippen LogP contribution in [0.1, 0.15) is 19.4 Å². The Morgan fingerprint density at radius 3 is 2.33 bits per heavy atom. The quantitative estimate of drug-likeness (QED) is 0.657. The second kappa shape index (κ2) is 5.39. The minimum Gasteiger partial charge on any atom is -0.305 e. The Morgan fingerprint density at radius 2 is 1.81 bits per heavy atom. The SMILES string of the molecule is C=NC1=C(C(=NC)C(N)(N)c2ccccc2)C(C)(C)C=C1. The number of hydrogen-bond acceptors (Lipinski definition) is 4. The van der Waals surface area contributed by atoms with Crippen molar-refractivity contribution in [3.63, 3.8) is 0 Å². The molecule has 0 spiro atoms. The molecule has 0 saturated carbocycles. The lowest BCUT2D eigenvalue weighted by molar-refractivity contribution is 0.575. The summed E-state index contributed by atoms with van der Waals surface area (Å²) in [6.45, 7) is 7.81. The van der Waals surface area contributed by atoms with Crippen LogP contribution in [0, 0.1) is 5.41 Å². The smallest absolute Gasteiger partial charge is 0.134 e. The zero-order valence-electron chi connectivity index (χ0n) is 12.8. The Morgan fingerprint density at radius 1 is 1.19 bits per heavy atom. The van der Waals surface area contributed by atoms with Crippen molar-refractivity contribution in [1.82, 2.24) is 0 Å². The lowest BCUT2D eigenvalue weighted by atomic mass is 9.78. The molecular weight excluding hydrogens is 260 g/mol. The molecule has 1 aliphatic rings. The first-order valence-corrected chi connectivity index (χ1v) is 6.86. The van der Waals surface area contributed by atoms with Crippen molar-refractivity contribution in [2.45, 2.75) is 19.5 Å². The van der Waals surface area contributed by atoms with E-state index in [0.717, 1.165) is 16.8 Å². The van der Waals surface area contributed by atoms with Gasteiger partial charge in [-0.2, -0.15) is 0 Å². The highest BCUT2D eigenvalue weighted by Crippen LogP contribution is 2.40. The molecule has 0 radical (unpaired) electrons. The normalized spacial score (nSPS) is 18.2. The average molecular weight is 282 g/mol. The molecule has 1 aromatic rings. The Bertz CT molecular complexity index is 634. The fraction of sp³-hybridized carbons (Fsp3) is 0.294. The third-order valence-electron chi connectivity index (χ3n) is 3.83. The van der Waals surface area contributed by atoms with E-state index in [0.29, 0.717) is 5.71 Å². The fourth-order valence-electron chi connectivity index (χ4n) is 2.70. The topological polar surface area (TPSA) is 76.8 Å². The van der Waals surface area contributed by atoms with Gasteiger partial charge >= 0.3 is 0 Å². The predicted octanol–water partition coefficient (Wildman–Crippen LogP) is 2.38. The summed E-state index contributed by atoms with van der Waals surface area (Å²) in [5.41, 5.74) is 14.6. The van der Waals surface area contributed by atoms with Crippen LogP contribution >= 0.6 is 0 Å². The van der Waals surface area contributed by atoms with E-state index in [9.17, 15) is 0 Å². The van der Waals surface area contributed by atoms with E-state index in [4.69, 9.17) is 11.5 Å². The Labute approximate surface area is 126 Å². The number of aliphatic imine (C=N–C) groups is 2. The van der Waals surface area contributed by atoms with Gasteiger partial charge in [0.05, 0.1) is 11.4 Å². The van der Waals surface area contributed by atoms with Crippen LogP contribution in [0.2, 0.25) is 0 Å². The lowest BCUT2D eigenvalue weighted by Crippen LogP contribution is -2.55. The van der Waals surface area contributed by atoms with Crippen LogP contribution in [-0.2, 0) is 5.66 Å². The minimum absolute atomic E-state index is 0.232. The van der Waals surface area contributed by atoms with E-state index in [-0.39, 0.29) is 5.41 Å². The van der Waals surface area contributed by atoms with E-state index in [2.05, 4.69) is 36.6 Å². The third kappa shape index (κ3) is 2.60. The van der Waals surface area contributed by atoms with Gasteiger partial charge in [0, 0.05) is 18.0 Å². The highest BCUT2D eigenvalue weighted by Gasteiger charge is 2.39. The van der Waals surface area contributed by atoms with Crippen molar-refractivity contribution in [3.8, 4) is 0 Å². The number of nitrogens with zero attached hydrogens (tertiary/aromatic N) is 2. The molecule has 0 atom stereocenters. The van der Waals surface area contributed by atoms with Crippen molar-refractivity contribution in [1.29, 1.82) is 0 Å². The summed E-state index contributed by atoms with van der Waals surface area (Å²) in [4.78, 5) is 8.48. The third-order valence-corrected chi connectivity index (χ3v) is 3.83. The molecule has 21 heavy (non-hydrogen) atoms. The van der Waals surface area contributed by atoms with Gasteiger partial charge in [-0.1, -0.05) is 50.3 Å². The summed E-state index contributed by atoms with van der Waals surface area (Å²) in [6.07, 6.45) is 4.01. The first-order valence-electron chi connectivity index (χ1n) is 6.86. The minimum atomic E-state index is -1.18. The summed E-state index contributed by atoms with van der Waals surface area (Å²) >= 11 is 0. The zero-order chi connectivity index (χ0) is 15.7. The molecule has 0 amide bonds. The van der Waals surface area contributed by atoms with Crippen LogP contribution in [-0.4, -0.2) is 19.5 Å². The van der Waals surface area contributed by atoms with E-state index in [1.54, 1.807) is 7.05 Å². The highest BCUT2D eigenvalue weighted by atomic mass is 15.0. The highest BCUT2D eigenvalue weighted by molar-refractivity contribution is 6.09. The molecule has 110 valence electrons. The summed E-state index contributed by atoms with van der Waals surface area (Å²) < 4.78 is 0. The standard InChI is InChI=1S/C17H22N4/c1-16(2)11-10-13(20-3)14(16)15(21-4)17(18,19)12-8-6-5-7-9-12/h5-11H,3,18-19H2,1-2,4H3. The van der Waals surface area contributed by atoms with Crippen LogP contribution < -0.4 is 11.5 Å². The zero-order valence-corrected chi connectivity index (χ0v) is 12.8. The summed E-state index contributed by atoms with van der Waals surface area (Å²) in [5, 5.41) is 0. The van der Waals surface area contributed by atoms with Crippen LogP contribution in [0.25, 0.3) is 0 Å². The van der Waals surface area contributed by atoms with Crippen molar-refractivity contribution >= 4 is 12.4 Å². The van der Waals surface area contributed by atoms with Gasteiger partial charge in [0.2, 0.25) is 0 Å². The maximum absolute atomic E-state index is 6.43. The molecule has 0 bridgehead atoms. The van der Waals surface area contributed by atoms with Gasteiger partial charge < -0.3 is 11.5 Å². The Balaban J connectivity index is 2.58. The van der Waals surface area contributed by atoms with Gasteiger partial charge in [-0.3, -0.25) is 9.98 Å².